The number of hydrogen-bond donors (Lipinski definition) is 1. The Labute approximate surface area is 167 Å². The fourth-order valence-electron chi connectivity index (χ4n) is 2.67. The average molecular weight is 398 g/mol. The molecule has 0 bridgehead atoms. The average Bonchev–Trinajstić information content (AvgIpc) is 2.71. The number of hydrogen-bond acceptors (Lipinski definition) is 4. The van der Waals surface area contributed by atoms with E-state index >= 15 is 0 Å². The minimum atomic E-state index is -0.199. The van der Waals surface area contributed by atoms with E-state index in [1.807, 2.05) is 24.3 Å². The van der Waals surface area contributed by atoms with Crippen molar-refractivity contribution in [2.75, 3.05) is 12.4 Å². The lowest BCUT2D eigenvalue weighted by Gasteiger charge is -2.08. The quantitative estimate of drug-likeness (QED) is 0.654. The van der Waals surface area contributed by atoms with Crippen molar-refractivity contribution in [3.05, 3.63) is 76.0 Å². The SMILES string of the molecule is COc1ccc(-c2ccc(=O)n(CCCC(=O)Nc3ccc(Cl)cc3)n2)cc1. The summed E-state index contributed by atoms with van der Waals surface area (Å²) in [5, 5.41) is 7.82. The molecule has 6 nitrogen and oxygen atoms in total. The Morgan fingerprint density at radius 1 is 1.07 bits per heavy atom. The molecule has 28 heavy (non-hydrogen) atoms. The van der Waals surface area contributed by atoms with Crippen LogP contribution < -0.4 is 15.6 Å². The number of halogens is 1. The van der Waals surface area contributed by atoms with E-state index in [2.05, 4.69) is 10.4 Å². The van der Waals surface area contributed by atoms with Gasteiger partial charge in [-0.3, -0.25) is 9.59 Å². The molecule has 0 aliphatic heterocycles. The second-order valence-electron chi connectivity index (χ2n) is 6.17. The Morgan fingerprint density at radius 2 is 1.79 bits per heavy atom. The van der Waals surface area contributed by atoms with Crippen LogP contribution in [0.3, 0.4) is 0 Å². The van der Waals surface area contributed by atoms with Crippen LogP contribution in [0.1, 0.15) is 12.8 Å². The summed E-state index contributed by atoms with van der Waals surface area (Å²) < 4.78 is 6.54. The molecular weight excluding hydrogens is 378 g/mol. The fraction of sp³-hybridized carbons (Fsp3) is 0.190. The molecule has 0 fully saturated rings. The van der Waals surface area contributed by atoms with Crippen LogP contribution in [0, 0.1) is 0 Å². The third-order valence-electron chi connectivity index (χ3n) is 4.15. The maximum Gasteiger partial charge on any atom is 0.266 e. The number of nitrogens with zero attached hydrogens (tertiary/aromatic N) is 2. The van der Waals surface area contributed by atoms with Crippen molar-refractivity contribution in [2.45, 2.75) is 19.4 Å². The van der Waals surface area contributed by atoms with Gasteiger partial charge < -0.3 is 10.1 Å². The molecule has 0 atom stereocenters. The topological polar surface area (TPSA) is 73.2 Å². The fourth-order valence-corrected chi connectivity index (χ4v) is 2.80. The minimum Gasteiger partial charge on any atom is -0.497 e. The van der Waals surface area contributed by atoms with Gasteiger partial charge in [-0.15, -0.1) is 0 Å². The first-order chi connectivity index (χ1) is 13.5. The normalized spacial score (nSPS) is 10.5. The minimum absolute atomic E-state index is 0.123. The van der Waals surface area contributed by atoms with Gasteiger partial charge in [-0.25, -0.2) is 4.68 Å². The van der Waals surface area contributed by atoms with Crippen molar-refractivity contribution in [3.63, 3.8) is 0 Å². The Balaban J connectivity index is 1.59. The molecule has 3 rings (SSSR count). The maximum atomic E-state index is 12.1. The van der Waals surface area contributed by atoms with Gasteiger partial charge in [0.15, 0.2) is 0 Å². The van der Waals surface area contributed by atoms with E-state index in [0.29, 0.717) is 29.4 Å². The van der Waals surface area contributed by atoms with E-state index in [1.165, 1.54) is 10.7 Å². The summed E-state index contributed by atoms with van der Waals surface area (Å²) >= 11 is 5.83. The summed E-state index contributed by atoms with van der Waals surface area (Å²) in [4.78, 5) is 24.1. The molecule has 1 N–H and O–H groups in total. The standard InChI is InChI=1S/C21H20ClN3O3/c1-28-18-10-4-15(5-11-18)19-12-13-21(27)25(24-19)14-2-3-20(26)23-17-8-6-16(22)7-9-17/h4-13H,2-3,14H2,1H3,(H,23,26). The van der Waals surface area contributed by atoms with Gasteiger partial charge in [-0.2, -0.15) is 5.10 Å². The summed E-state index contributed by atoms with van der Waals surface area (Å²) in [5.74, 6) is 0.630. The predicted octanol–water partition coefficient (Wildman–Crippen LogP) is 3.99. The largest absolute Gasteiger partial charge is 0.497 e. The number of methoxy groups -OCH3 is 1. The molecule has 2 aromatic carbocycles. The zero-order chi connectivity index (χ0) is 19.9. The molecule has 0 radical (unpaired) electrons. The number of rotatable bonds is 7. The van der Waals surface area contributed by atoms with Crippen LogP contribution >= 0.6 is 11.6 Å². The Bertz CT molecular complexity index is 999. The van der Waals surface area contributed by atoms with Gasteiger partial charge >= 0.3 is 0 Å². The predicted molar refractivity (Wildman–Crippen MR) is 110 cm³/mol. The van der Waals surface area contributed by atoms with Crippen LogP contribution in [0.4, 0.5) is 5.69 Å². The molecule has 144 valence electrons. The van der Waals surface area contributed by atoms with Gasteiger partial charge in [-0.05, 0) is 61.0 Å². The third-order valence-corrected chi connectivity index (χ3v) is 4.41. The Kier molecular flexibility index (Phi) is 6.45. The molecule has 1 heterocycles. The van der Waals surface area contributed by atoms with Gasteiger partial charge in [0.2, 0.25) is 5.91 Å². The van der Waals surface area contributed by atoms with E-state index in [4.69, 9.17) is 16.3 Å². The summed E-state index contributed by atoms with van der Waals surface area (Å²) in [7, 11) is 1.61. The van der Waals surface area contributed by atoms with Crippen molar-refractivity contribution in [1.82, 2.24) is 9.78 Å². The smallest absolute Gasteiger partial charge is 0.266 e. The van der Waals surface area contributed by atoms with Crippen molar-refractivity contribution in [3.8, 4) is 17.0 Å². The van der Waals surface area contributed by atoms with Crippen molar-refractivity contribution >= 4 is 23.2 Å². The van der Waals surface area contributed by atoms with E-state index in [-0.39, 0.29) is 17.9 Å². The summed E-state index contributed by atoms with van der Waals surface area (Å²) in [6, 6.07) is 17.5. The highest BCUT2D eigenvalue weighted by molar-refractivity contribution is 6.30. The van der Waals surface area contributed by atoms with Crippen molar-refractivity contribution < 1.29 is 9.53 Å². The lowest BCUT2D eigenvalue weighted by molar-refractivity contribution is -0.116. The summed E-state index contributed by atoms with van der Waals surface area (Å²) in [6.07, 6.45) is 0.780. The summed E-state index contributed by atoms with van der Waals surface area (Å²) in [6.45, 7) is 0.358. The van der Waals surface area contributed by atoms with Crippen LogP contribution in [-0.4, -0.2) is 22.8 Å². The number of ether oxygens (including phenoxy) is 1. The van der Waals surface area contributed by atoms with Crippen LogP contribution in [0.5, 0.6) is 5.75 Å². The van der Waals surface area contributed by atoms with Crippen LogP contribution in [0.15, 0.2) is 65.5 Å². The second-order valence-corrected chi connectivity index (χ2v) is 6.60. The molecule has 7 heteroatoms. The Hall–Kier alpha value is -3.12. The molecule has 0 aliphatic carbocycles. The monoisotopic (exact) mass is 397 g/mol. The number of carbonyl (C=O) groups excluding carboxylic acids is 1. The van der Waals surface area contributed by atoms with Gasteiger partial charge in [0.25, 0.3) is 5.56 Å². The molecule has 3 aromatic rings. The van der Waals surface area contributed by atoms with Crippen molar-refractivity contribution in [2.24, 2.45) is 0 Å². The first-order valence-corrected chi connectivity index (χ1v) is 9.21. The maximum absolute atomic E-state index is 12.1. The highest BCUT2D eigenvalue weighted by atomic mass is 35.5. The van der Waals surface area contributed by atoms with E-state index in [0.717, 1.165) is 11.3 Å². The zero-order valence-corrected chi connectivity index (χ0v) is 16.1. The van der Waals surface area contributed by atoms with Gasteiger partial charge in [-0.1, -0.05) is 11.6 Å². The van der Waals surface area contributed by atoms with Gasteiger partial charge in [0, 0.05) is 35.3 Å². The number of aryl methyl sites for hydroxylation is 1. The molecule has 0 aliphatic rings. The zero-order valence-electron chi connectivity index (χ0n) is 15.4. The highest BCUT2D eigenvalue weighted by Gasteiger charge is 2.06. The molecule has 0 saturated heterocycles. The summed E-state index contributed by atoms with van der Waals surface area (Å²) in [5.41, 5.74) is 2.06. The molecule has 1 amide bonds. The number of carbonyl (C=O) groups is 1. The molecule has 0 saturated carbocycles. The number of nitrogens with one attached hydrogen (secondary N) is 1. The third kappa shape index (κ3) is 5.20. The Morgan fingerprint density at radius 3 is 2.46 bits per heavy atom. The first kappa shape index (κ1) is 19.6. The van der Waals surface area contributed by atoms with Crippen LogP contribution in [0.25, 0.3) is 11.3 Å². The number of benzene rings is 2. The van der Waals surface area contributed by atoms with Crippen LogP contribution in [0.2, 0.25) is 5.02 Å². The van der Waals surface area contributed by atoms with Gasteiger partial charge in [0.05, 0.1) is 12.8 Å². The number of amides is 1. The molecule has 0 spiro atoms. The lowest BCUT2D eigenvalue weighted by atomic mass is 10.1. The van der Waals surface area contributed by atoms with Crippen molar-refractivity contribution in [1.29, 1.82) is 0 Å². The van der Waals surface area contributed by atoms with Crippen LogP contribution in [-0.2, 0) is 11.3 Å². The lowest BCUT2D eigenvalue weighted by Crippen LogP contribution is -2.23. The number of aromatic nitrogens is 2. The number of anilines is 1. The van der Waals surface area contributed by atoms with E-state index < -0.39 is 0 Å². The molecular formula is C21H20ClN3O3. The van der Waals surface area contributed by atoms with Gasteiger partial charge in [0.1, 0.15) is 5.75 Å². The van der Waals surface area contributed by atoms with E-state index in [9.17, 15) is 9.59 Å². The van der Waals surface area contributed by atoms with E-state index in [1.54, 1.807) is 37.4 Å². The molecule has 0 unspecified atom stereocenters. The highest BCUT2D eigenvalue weighted by Crippen LogP contribution is 2.19. The molecule has 1 aromatic heterocycles. The second kappa shape index (κ2) is 9.19. The first-order valence-electron chi connectivity index (χ1n) is 8.83.